The molecule has 1 rings (SSSR count). The first kappa shape index (κ1) is 13.0. The van der Waals surface area contributed by atoms with Gasteiger partial charge in [0.25, 0.3) is 0 Å². The first-order valence-electron chi connectivity index (χ1n) is 4.50. The van der Waals surface area contributed by atoms with Gasteiger partial charge in [0.1, 0.15) is 0 Å². The number of thiophene rings is 1. The van der Waals surface area contributed by atoms with Gasteiger partial charge in [0.15, 0.2) is 0 Å². The molecule has 0 fully saturated rings. The third kappa shape index (κ3) is 2.37. The summed E-state index contributed by atoms with van der Waals surface area (Å²) in [5, 5.41) is 22.7. The Balaban J connectivity index is 3.07. The Morgan fingerprint density at radius 3 is 2.81 bits per heavy atom. The minimum Gasteiger partial charge on any atom is -0.479 e. The summed E-state index contributed by atoms with van der Waals surface area (Å²) in [5.41, 5.74) is -2.02. The highest BCUT2D eigenvalue weighted by Crippen LogP contribution is 2.38. The zero-order valence-electron chi connectivity index (χ0n) is 8.71. The Kier molecular flexibility index (Phi) is 4.35. The molecule has 0 bridgehead atoms. The summed E-state index contributed by atoms with van der Waals surface area (Å²) in [6.07, 6.45) is 1.76. The predicted octanol–water partition coefficient (Wildman–Crippen LogP) is 2.80. The maximum atomic E-state index is 11.2. The molecule has 2 N–H and O–H groups in total. The Morgan fingerprint density at radius 1 is 1.69 bits per heavy atom. The molecule has 0 radical (unpaired) electrons. The van der Waals surface area contributed by atoms with Crippen molar-refractivity contribution < 1.29 is 15.0 Å². The fourth-order valence-corrected chi connectivity index (χ4v) is 2.66. The molecule has 1 aromatic heterocycles. The van der Waals surface area contributed by atoms with E-state index in [9.17, 15) is 9.90 Å². The number of carboxylic acids is 1. The van der Waals surface area contributed by atoms with E-state index in [0.29, 0.717) is 4.88 Å². The van der Waals surface area contributed by atoms with E-state index in [-0.39, 0.29) is 4.91 Å². The third-order valence-electron chi connectivity index (χ3n) is 1.94. The molecule has 3 nitrogen and oxygen atoms in total. The fraction of sp³-hybridized carbons (Fsp3) is 0.182. The summed E-state index contributed by atoms with van der Waals surface area (Å²) in [5.74, 6) is -1.31. The Morgan fingerprint density at radius 2 is 2.38 bits per heavy atom. The first-order valence-corrected chi connectivity index (χ1v) is 6.26. The van der Waals surface area contributed by atoms with Crippen LogP contribution in [0.3, 0.4) is 0 Å². The fourth-order valence-electron chi connectivity index (χ4n) is 1.08. The summed E-state index contributed by atoms with van der Waals surface area (Å²) >= 11 is 2.30. The van der Waals surface area contributed by atoms with E-state index in [1.54, 1.807) is 29.0 Å². The van der Waals surface area contributed by atoms with E-state index < -0.39 is 11.6 Å². The van der Waals surface area contributed by atoms with Crippen LogP contribution in [0.5, 0.6) is 0 Å². The third-order valence-corrected chi connectivity index (χ3v) is 3.90. The van der Waals surface area contributed by atoms with Crippen molar-refractivity contribution in [3.05, 3.63) is 45.4 Å². The lowest BCUT2D eigenvalue weighted by Crippen LogP contribution is -2.35. The number of carbonyl (C=O) groups is 1. The van der Waals surface area contributed by atoms with Gasteiger partial charge in [-0.05, 0) is 23.8 Å². The lowest BCUT2D eigenvalue weighted by molar-refractivity contribution is -0.154. The highest BCUT2D eigenvalue weighted by molar-refractivity contribution is 8.05. The molecule has 0 aliphatic heterocycles. The van der Waals surface area contributed by atoms with Crippen molar-refractivity contribution in [3.63, 3.8) is 0 Å². The number of aliphatic hydroxyl groups is 1. The minimum absolute atomic E-state index is 0.181. The van der Waals surface area contributed by atoms with Crippen LogP contribution in [0.4, 0.5) is 0 Å². The van der Waals surface area contributed by atoms with Gasteiger partial charge >= 0.3 is 5.97 Å². The monoisotopic (exact) mass is 256 g/mol. The topological polar surface area (TPSA) is 57.5 Å². The van der Waals surface area contributed by atoms with Crippen molar-refractivity contribution in [2.45, 2.75) is 12.5 Å². The van der Waals surface area contributed by atoms with Crippen molar-refractivity contribution in [2.24, 2.45) is 0 Å². The quantitative estimate of drug-likeness (QED) is 0.850. The summed E-state index contributed by atoms with van der Waals surface area (Å²) in [7, 11) is 0. The van der Waals surface area contributed by atoms with E-state index >= 15 is 0 Å². The average molecular weight is 256 g/mol. The molecule has 1 heterocycles. The summed E-state index contributed by atoms with van der Waals surface area (Å²) in [6, 6.07) is 3.28. The molecule has 1 unspecified atom stereocenters. The van der Waals surface area contributed by atoms with Gasteiger partial charge in [-0.1, -0.05) is 30.5 Å². The van der Waals surface area contributed by atoms with Gasteiger partial charge in [-0.2, -0.15) is 0 Å². The van der Waals surface area contributed by atoms with Crippen LogP contribution in [0.25, 0.3) is 0 Å². The van der Waals surface area contributed by atoms with Crippen LogP contribution >= 0.6 is 23.1 Å². The zero-order chi connectivity index (χ0) is 12.2. The summed E-state index contributed by atoms with van der Waals surface area (Å²) in [6.45, 7) is 5.44. The number of hydrogen-bond donors (Lipinski definition) is 2. The van der Waals surface area contributed by atoms with Crippen LogP contribution in [0, 0.1) is 0 Å². The summed E-state index contributed by atoms with van der Waals surface area (Å²) in [4.78, 5) is 11.7. The first-order chi connectivity index (χ1) is 7.53. The van der Waals surface area contributed by atoms with Crippen molar-refractivity contribution in [3.8, 4) is 0 Å². The molecule has 0 aliphatic carbocycles. The van der Waals surface area contributed by atoms with Gasteiger partial charge < -0.3 is 10.2 Å². The molecule has 0 spiro atoms. The molecule has 1 atom stereocenters. The molecule has 1 aromatic rings. The van der Waals surface area contributed by atoms with Crippen molar-refractivity contribution in [1.82, 2.24) is 0 Å². The van der Waals surface area contributed by atoms with Gasteiger partial charge in [0, 0.05) is 4.91 Å². The molecule has 86 valence electrons. The lowest BCUT2D eigenvalue weighted by Gasteiger charge is -2.23. The maximum Gasteiger partial charge on any atom is 0.346 e. The lowest BCUT2D eigenvalue weighted by atomic mass is 10.0. The molecular weight excluding hydrogens is 244 g/mol. The van der Waals surface area contributed by atoms with E-state index in [2.05, 4.69) is 6.58 Å². The van der Waals surface area contributed by atoms with Crippen LogP contribution in [-0.2, 0) is 10.4 Å². The Labute approximate surface area is 102 Å². The highest BCUT2D eigenvalue weighted by Gasteiger charge is 2.42. The smallest absolute Gasteiger partial charge is 0.346 e. The van der Waals surface area contributed by atoms with Crippen LogP contribution < -0.4 is 0 Å². The summed E-state index contributed by atoms with van der Waals surface area (Å²) < 4.78 is 0. The van der Waals surface area contributed by atoms with E-state index in [1.807, 2.05) is 6.92 Å². The zero-order valence-corrected chi connectivity index (χ0v) is 10.3. The number of rotatable bonds is 5. The number of hydrogen-bond acceptors (Lipinski definition) is 4. The van der Waals surface area contributed by atoms with Crippen molar-refractivity contribution in [2.75, 3.05) is 0 Å². The Hall–Kier alpha value is -1.04. The van der Waals surface area contributed by atoms with Crippen LogP contribution in [0.15, 0.2) is 40.5 Å². The second-order valence-electron chi connectivity index (χ2n) is 3.00. The minimum atomic E-state index is -2.02. The SMILES string of the molecule is C=C(S/C=C\C)C(O)(C(=O)O)c1cccs1. The van der Waals surface area contributed by atoms with E-state index in [4.69, 9.17) is 5.11 Å². The molecule has 5 heteroatoms. The van der Waals surface area contributed by atoms with Crippen molar-refractivity contribution in [1.29, 1.82) is 0 Å². The van der Waals surface area contributed by atoms with Gasteiger partial charge in [-0.3, -0.25) is 0 Å². The molecule has 0 aromatic carbocycles. The largest absolute Gasteiger partial charge is 0.479 e. The van der Waals surface area contributed by atoms with Gasteiger partial charge in [0.05, 0.1) is 4.88 Å². The number of thioether (sulfide) groups is 1. The predicted molar refractivity (Wildman–Crippen MR) is 67.4 cm³/mol. The van der Waals surface area contributed by atoms with Gasteiger partial charge in [0.2, 0.25) is 5.60 Å². The molecule has 0 saturated heterocycles. The Bertz CT molecular complexity index is 409. The molecule has 0 amide bonds. The molecular formula is C11H12O3S2. The number of carboxylic acid groups (broad SMARTS) is 1. The van der Waals surface area contributed by atoms with Crippen molar-refractivity contribution >= 4 is 29.1 Å². The van der Waals surface area contributed by atoms with E-state index in [1.165, 1.54) is 11.3 Å². The average Bonchev–Trinajstić information content (AvgIpc) is 2.77. The normalized spacial score (nSPS) is 14.9. The molecule has 0 aliphatic rings. The highest BCUT2D eigenvalue weighted by atomic mass is 32.2. The van der Waals surface area contributed by atoms with Crippen LogP contribution in [0.1, 0.15) is 11.8 Å². The number of aliphatic carboxylic acids is 1. The second kappa shape index (κ2) is 5.34. The van der Waals surface area contributed by atoms with Crippen LogP contribution in [0.2, 0.25) is 0 Å². The second-order valence-corrected chi connectivity index (χ2v) is 4.95. The van der Waals surface area contributed by atoms with Crippen LogP contribution in [-0.4, -0.2) is 16.2 Å². The van der Waals surface area contributed by atoms with Gasteiger partial charge in [-0.15, -0.1) is 11.3 Å². The molecule has 16 heavy (non-hydrogen) atoms. The van der Waals surface area contributed by atoms with E-state index in [0.717, 1.165) is 11.8 Å². The number of allylic oxidation sites excluding steroid dienone is 1. The molecule has 0 saturated carbocycles. The maximum absolute atomic E-state index is 11.2. The standard InChI is InChI=1S/C11H12O3S2/c1-3-6-15-8(2)11(14,10(12)13)9-5-4-7-16-9/h3-7,14H,2H2,1H3,(H,12,13)/b6-3-. The van der Waals surface area contributed by atoms with Gasteiger partial charge in [-0.25, -0.2) is 4.79 Å².